The predicted octanol–water partition coefficient (Wildman–Crippen LogP) is 4.45. The van der Waals surface area contributed by atoms with Gasteiger partial charge in [-0.2, -0.15) is 0 Å². The van der Waals surface area contributed by atoms with Gasteiger partial charge in [-0.3, -0.25) is 0 Å². The van der Waals surface area contributed by atoms with Crippen LogP contribution in [0.25, 0.3) is 0 Å². The van der Waals surface area contributed by atoms with Gasteiger partial charge in [-0.15, -0.1) is 0 Å². The van der Waals surface area contributed by atoms with Crippen LogP contribution in [0.1, 0.15) is 70.4 Å². The molecule has 0 radical (unpaired) electrons. The predicted molar refractivity (Wildman–Crippen MR) is 75.4 cm³/mol. The molecule has 1 aromatic rings. The molecule has 2 rings (SSSR count). The van der Waals surface area contributed by atoms with Crippen molar-refractivity contribution >= 4 is 0 Å². The van der Waals surface area contributed by atoms with Crippen molar-refractivity contribution in [2.75, 3.05) is 0 Å². The largest absolute Gasteiger partial charge is 0.464 e. The summed E-state index contributed by atoms with van der Waals surface area (Å²) in [4.78, 5) is 0. The van der Waals surface area contributed by atoms with E-state index in [0.29, 0.717) is 5.92 Å². The molecule has 1 unspecified atom stereocenters. The van der Waals surface area contributed by atoms with Crippen molar-refractivity contribution in [1.82, 2.24) is 0 Å². The van der Waals surface area contributed by atoms with Crippen LogP contribution < -0.4 is 5.73 Å². The highest BCUT2D eigenvalue weighted by Gasteiger charge is 2.41. The monoisotopic (exact) mass is 249 g/mol. The zero-order chi connectivity index (χ0) is 13.2. The Hall–Kier alpha value is -0.760. The second kappa shape index (κ2) is 5.48. The highest BCUT2D eigenvalue weighted by Crippen LogP contribution is 2.50. The van der Waals surface area contributed by atoms with Crippen LogP contribution in [0.5, 0.6) is 0 Å². The fourth-order valence-electron chi connectivity index (χ4n) is 3.59. The Bertz CT molecular complexity index is 374. The molecule has 102 valence electrons. The summed E-state index contributed by atoms with van der Waals surface area (Å²) in [5.41, 5.74) is 6.83. The molecule has 2 nitrogen and oxygen atoms in total. The smallest absolute Gasteiger partial charge is 0.121 e. The minimum atomic E-state index is 0.0719. The van der Waals surface area contributed by atoms with Crippen LogP contribution in [0.4, 0.5) is 0 Å². The van der Waals surface area contributed by atoms with E-state index in [1.54, 1.807) is 0 Å². The van der Waals surface area contributed by atoms with Crippen molar-refractivity contribution in [3.63, 3.8) is 0 Å². The standard InChI is InChI=1S/C16H27NO/c1-4-13-7-8-14(18-13)15(17)16(11-12(2)3)9-5-6-10-16/h7-8,12,15H,4-6,9-11,17H2,1-3H3. The van der Waals surface area contributed by atoms with E-state index in [4.69, 9.17) is 10.2 Å². The zero-order valence-electron chi connectivity index (χ0n) is 12.0. The average molecular weight is 249 g/mol. The van der Waals surface area contributed by atoms with E-state index >= 15 is 0 Å². The molecule has 0 bridgehead atoms. The van der Waals surface area contributed by atoms with E-state index in [0.717, 1.165) is 17.9 Å². The van der Waals surface area contributed by atoms with E-state index in [1.807, 2.05) is 0 Å². The normalized spacial score (nSPS) is 20.5. The Morgan fingerprint density at radius 3 is 2.44 bits per heavy atom. The first-order chi connectivity index (χ1) is 8.57. The summed E-state index contributed by atoms with van der Waals surface area (Å²) in [6, 6.07) is 4.24. The summed E-state index contributed by atoms with van der Waals surface area (Å²) in [5, 5.41) is 0. The van der Waals surface area contributed by atoms with Crippen LogP contribution in [-0.4, -0.2) is 0 Å². The van der Waals surface area contributed by atoms with Crippen LogP contribution in [0, 0.1) is 11.3 Å². The molecule has 2 N–H and O–H groups in total. The Kier molecular flexibility index (Phi) is 4.16. The van der Waals surface area contributed by atoms with E-state index in [1.165, 1.54) is 32.1 Å². The fourth-order valence-corrected chi connectivity index (χ4v) is 3.59. The maximum Gasteiger partial charge on any atom is 0.121 e. The second-order valence-electron chi connectivity index (χ2n) is 6.30. The van der Waals surface area contributed by atoms with Crippen molar-refractivity contribution in [1.29, 1.82) is 0 Å². The van der Waals surface area contributed by atoms with E-state index in [2.05, 4.69) is 32.9 Å². The molecule has 0 aromatic carbocycles. The molecule has 0 amide bonds. The second-order valence-corrected chi connectivity index (χ2v) is 6.30. The number of nitrogens with two attached hydrogens (primary N) is 1. The lowest BCUT2D eigenvalue weighted by Crippen LogP contribution is -2.33. The summed E-state index contributed by atoms with van der Waals surface area (Å²) in [6.45, 7) is 6.71. The molecule has 2 heteroatoms. The molecule has 1 aromatic heterocycles. The number of furan rings is 1. The maximum absolute atomic E-state index is 6.56. The van der Waals surface area contributed by atoms with Gasteiger partial charge in [0.25, 0.3) is 0 Å². The molecule has 1 atom stereocenters. The molecule has 1 fully saturated rings. The van der Waals surface area contributed by atoms with Gasteiger partial charge in [0, 0.05) is 6.42 Å². The van der Waals surface area contributed by atoms with Gasteiger partial charge >= 0.3 is 0 Å². The topological polar surface area (TPSA) is 39.2 Å². The molecular formula is C16H27NO. The van der Waals surface area contributed by atoms with Gasteiger partial charge in [-0.25, -0.2) is 0 Å². The van der Waals surface area contributed by atoms with Gasteiger partial charge < -0.3 is 10.2 Å². The van der Waals surface area contributed by atoms with Crippen LogP contribution in [0.3, 0.4) is 0 Å². The summed E-state index contributed by atoms with van der Waals surface area (Å²) in [7, 11) is 0. The third-order valence-electron chi connectivity index (χ3n) is 4.41. The van der Waals surface area contributed by atoms with Crippen LogP contribution in [0.2, 0.25) is 0 Å². The maximum atomic E-state index is 6.56. The summed E-state index contributed by atoms with van der Waals surface area (Å²) in [6.07, 6.45) is 7.33. The molecule has 1 heterocycles. The van der Waals surface area contributed by atoms with E-state index in [9.17, 15) is 0 Å². The summed E-state index contributed by atoms with van der Waals surface area (Å²) in [5.74, 6) is 2.75. The van der Waals surface area contributed by atoms with Crippen LogP contribution in [0.15, 0.2) is 16.5 Å². The van der Waals surface area contributed by atoms with Gasteiger partial charge in [0.1, 0.15) is 11.5 Å². The lowest BCUT2D eigenvalue weighted by molar-refractivity contribution is 0.165. The summed E-state index contributed by atoms with van der Waals surface area (Å²) >= 11 is 0. The van der Waals surface area contributed by atoms with E-state index < -0.39 is 0 Å². The lowest BCUT2D eigenvalue weighted by atomic mass is 9.72. The van der Waals surface area contributed by atoms with Crippen molar-refractivity contribution in [3.05, 3.63) is 23.7 Å². The molecule has 18 heavy (non-hydrogen) atoms. The van der Waals surface area contributed by atoms with Gasteiger partial charge in [0.15, 0.2) is 0 Å². The molecular weight excluding hydrogens is 222 g/mol. The third-order valence-corrected chi connectivity index (χ3v) is 4.41. The number of hydrogen-bond donors (Lipinski definition) is 1. The molecule has 1 aliphatic rings. The Balaban J connectivity index is 2.19. The van der Waals surface area contributed by atoms with Crippen molar-refractivity contribution in [2.24, 2.45) is 17.1 Å². The molecule has 0 spiro atoms. The first kappa shape index (κ1) is 13.7. The van der Waals surface area contributed by atoms with Gasteiger partial charge in [0.05, 0.1) is 6.04 Å². The number of aryl methyl sites for hydroxylation is 1. The van der Waals surface area contributed by atoms with Crippen LogP contribution >= 0.6 is 0 Å². The number of hydrogen-bond acceptors (Lipinski definition) is 2. The highest BCUT2D eigenvalue weighted by atomic mass is 16.3. The van der Waals surface area contributed by atoms with Crippen LogP contribution in [-0.2, 0) is 6.42 Å². The Labute approximate surface area is 111 Å². The Morgan fingerprint density at radius 1 is 1.28 bits per heavy atom. The van der Waals surface area contributed by atoms with Crippen molar-refractivity contribution < 1.29 is 4.42 Å². The average Bonchev–Trinajstić information content (AvgIpc) is 2.96. The van der Waals surface area contributed by atoms with Crippen molar-refractivity contribution in [3.8, 4) is 0 Å². The summed E-state index contributed by atoms with van der Waals surface area (Å²) < 4.78 is 5.89. The van der Waals surface area contributed by atoms with Gasteiger partial charge in [0.2, 0.25) is 0 Å². The Morgan fingerprint density at radius 2 is 1.94 bits per heavy atom. The number of rotatable bonds is 5. The van der Waals surface area contributed by atoms with Gasteiger partial charge in [-0.05, 0) is 42.7 Å². The minimum absolute atomic E-state index is 0.0719. The fraction of sp³-hybridized carbons (Fsp3) is 0.750. The van der Waals surface area contributed by atoms with Gasteiger partial charge in [-0.1, -0.05) is 33.6 Å². The molecule has 0 saturated heterocycles. The quantitative estimate of drug-likeness (QED) is 0.837. The SMILES string of the molecule is CCc1ccc(C(N)C2(CC(C)C)CCCC2)o1. The third kappa shape index (κ3) is 2.64. The zero-order valence-corrected chi connectivity index (χ0v) is 12.0. The van der Waals surface area contributed by atoms with E-state index in [-0.39, 0.29) is 11.5 Å². The molecule has 1 saturated carbocycles. The lowest BCUT2D eigenvalue weighted by Gasteiger charge is -2.35. The highest BCUT2D eigenvalue weighted by molar-refractivity contribution is 5.14. The molecule has 0 aliphatic heterocycles. The first-order valence-electron chi connectivity index (χ1n) is 7.41. The molecule has 1 aliphatic carbocycles. The van der Waals surface area contributed by atoms with Crippen molar-refractivity contribution in [2.45, 2.75) is 65.3 Å². The minimum Gasteiger partial charge on any atom is -0.464 e. The first-order valence-corrected chi connectivity index (χ1v) is 7.41.